The second kappa shape index (κ2) is 7.99. The lowest BCUT2D eigenvalue weighted by molar-refractivity contribution is 0.0281. The van der Waals surface area contributed by atoms with Gasteiger partial charge in [0.15, 0.2) is 0 Å². The molecule has 2 aromatic carbocycles. The van der Waals surface area contributed by atoms with Crippen LogP contribution >= 0.6 is 0 Å². The van der Waals surface area contributed by atoms with Crippen molar-refractivity contribution in [3.05, 3.63) is 71.3 Å². The largest absolute Gasteiger partial charge is 0.458 e. The highest BCUT2D eigenvalue weighted by atomic mass is 16.5. The fraction of sp³-hybridized carbons (Fsp3) is 0.263. The molecule has 0 spiro atoms. The van der Waals surface area contributed by atoms with Gasteiger partial charge in [-0.2, -0.15) is 5.26 Å². The number of nitrogens with zero attached hydrogens (tertiary/aromatic N) is 1. The second-order valence-electron chi connectivity index (χ2n) is 5.19. The van der Waals surface area contributed by atoms with Gasteiger partial charge in [0.2, 0.25) is 0 Å². The molecule has 0 radical (unpaired) electrons. The fourth-order valence-electron chi connectivity index (χ4n) is 2.30. The zero-order chi connectivity index (χ0) is 15.8. The maximum Gasteiger partial charge on any atom is 0.338 e. The first-order chi connectivity index (χ1) is 10.7. The van der Waals surface area contributed by atoms with E-state index in [2.05, 4.69) is 13.0 Å². The number of benzene rings is 2. The minimum absolute atomic E-state index is 0.148. The monoisotopic (exact) mass is 293 g/mol. The average molecular weight is 293 g/mol. The van der Waals surface area contributed by atoms with Gasteiger partial charge in [0.1, 0.15) is 6.10 Å². The minimum atomic E-state index is -0.285. The van der Waals surface area contributed by atoms with Crippen molar-refractivity contribution in [2.45, 2.75) is 32.3 Å². The summed E-state index contributed by atoms with van der Waals surface area (Å²) in [7, 11) is 0. The molecule has 3 nitrogen and oxygen atoms in total. The summed E-state index contributed by atoms with van der Waals surface area (Å²) in [6, 6.07) is 18.5. The molecule has 0 amide bonds. The van der Waals surface area contributed by atoms with Gasteiger partial charge in [-0.1, -0.05) is 43.7 Å². The van der Waals surface area contributed by atoms with Crippen molar-refractivity contribution >= 4 is 5.97 Å². The van der Waals surface area contributed by atoms with Gasteiger partial charge >= 0.3 is 5.97 Å². The third-order valence-corrected chi connectivity index (χ3v) is 3.44. The topological polar surface area (TPSA) is 50.1 Å². The van der Waals surface area contributed by atoms with E-state index < -0.39 is 0 Å². The second-order valence-corrected chi connectivity index (χ2v) is 5.19. The molecule has 0 bridgehead atoms. The summed E-state index contributed by atoms with van der Waals surface area (Å²) in [5.41, 5.74) is 2.28. The Labute approximate surface area is 131 Å². The third kappa shape index (κ3) is 4.46. The summed E-state index contributed by atoms with van der Waals surface area (Å²) >= 11 is 0. The molecule has 112 valence electrons. The van der Waals surface area contributed by atoms with Crippen molar-refractivity contribution in [3.8, 4) is 6.07 Å². The van der Waals surface area contributed by atoms with Crippen LogP contribution in [-0.4, -0.2) is 12.1 Å². The Morgan fingerprint density at radius 1 is 1.14 bits per heavy atom. The van der Waals surface area contributed by atoms with Crippen LogP contribution in [0.1, 0.15) is 41.3 Å². The lowest BCUT2D eigenvalue weighted by Gasteiger charge is -2.17. The predicted molar refractivity (Wildman–Crippen MR) is 85.4 cm³/mol. The van der Waals surface area contributed by atoms with Crippen molar-refractivity contribution in [3.63, 3.8) is 0 Å². The minimum Gasteiger partial charge on any atom is -0.458 e. The van der Waals surface area contributed by atoms with Crippen LogP contribution in [0.2, 0.25) is 0 Å². The molecule has 0 heterocycles. The van der Waals surface area contributed by atoms with Gasteiger partial charge in [0.05, 0.1) is 17.2 Å². The van der Waals surface area contributed by atoms with E-state index in [1.165, 1.54) is 0 Å². The van der Waals surface area contributed by atoms with Crippen molar-refractivity contribution in [1.82, 2.24) is 0 Å². The van der Waals surface area contributed by atoms with Gasteiger partial charge in [0.25, 0.3) is 0 Å². The maximum atomic E-state index is 12.2. The molecule has 0 saturated heterocycles. The number of hydrogen-bond donors (Lipinski definition) is 0. The van der Waals surface area contributed by atoms with E-state index in [1.807, 2.05) is 30.3 Å². The van der Waals surface area contributed by atoms with E-state index in [9.17, 15) is 4.79 Å². The van der Waals surface area contributed by atoms with E-state index in [1.54, 1.807) is 24.3 Å². The summed E-state index contributed by atoms with van der Waals surface area (Å²) in [5.74, 6) is -0.285. The number of rotatable bonds is 6. The van der Waals surface area contributed by atoms with E-state index in [4.69, 9.17) is 10.00 Å². The number of carbonyl (C=O) groups excluding carboxylic acids is 1. The summed E-state index contributed by atoms with van der Waals surface area (Å²) < 4.78 is 5.63. The van der Waals surface area contributed by atoms with Crippen molar-refractivity contribution in [2.75, 3.05) is 0 Å². The number of carbonyl (C=O) groups is 1. The van der Waals surface area contributed by atoms with E-state index >= 15 is 0 Å². The van der Waals surface area contributed by atoms with Gasteiger partial charge in [-0.25, -0.2) is 4.79 Å². The standard InChI is InChI=1S/C19H19NO2/c1-2-6-18(13-15-9-11-16(14-20)12-10-15)22-19(21)17-7-4-3-5-8-17/h3-5,7-12,18H,2,6,13H2,1H3. The highest BCUT2D eigenvalue weighted by molar-refractivity contribution is 5.89. The smallest absolute Gasteiger partial charge is 0.338 e. The molecule has 2 rings (SSSR count). The Kier molecular flexibility index (Phi) is 5.73. The Balaban J connectivity index is 2.03. The molecule has 0 aliphatic heterocycles. The van der Waals surface area contributed by atoms with Gasteiger partial charge in [0, 0.05) is 6.42 Å². The molecule has 0 fully saturated rings. The summed E-state index contributed by atoms with van der Waals surface area (Å²) in [5, 5.41) is 8.82. The first kappa shape index (κ1) is 15.8. The Hall–Kier alpha value is -2.60. The van der Waals surface area contributed by atoms with Crippen LogP contribution < -0.4 is 0 Å². The Morgan fingerprint density at radius 2 is 1.82 bits per heavy atom. The molecular weight excluding hydrogens is 274 g/mol. The summed E-state index contributed by atoms with van der Waals surface area (Å²) in [6.45, 7) is 2.07. The molecule has 2 aromatic rings. The van der Waals surface area contributed by atoms with Crippen molar-refractivity contribution in [1.29, 1.82) is 5.26 Å². The molecular formula is C19H19NO2. The SMILES string of the molecule is CCCC(Cc1ccc(C#N)cc1)OC(=O)c1ccccc1. The molecule has 0 aromatic heterocycles. The van der Waals surface area contributed by atoms with Crippen LogP contribution in [0.5, 0.6) is 0 Å². The van der Waals surface area contributed by atoms with Crippen LogP contribution in [0.3, 0.4) is 0 Å². The Morgan fingerprint density at radius 3 is 2.41 bits per heavy atom. The first-order valence-electron chi connectivity index (χ1n) is 7.48. The normalized spacial score (nSPS) is 11.5. The van der Waals surface area contributed by atoms with E-state index in [0.717, 1.165) is 18.4 Å². The summed E-state index contributed by atoms with van der Waals surface area (Å²) in [4.78, 5) is 12.2. The zero-order valence-corrected chi connectivity index (χ0v) is 12.7. The molecule has 1 unspecified atom stereocenters. The van der Waals surface area contributed by atoms with Gasteiger partial charge in [-0.05, 0) is 36.2 Å². The molecule has 0 aliphatic rings. The molecule has 0 N–H and O–H groups in total. The van der Waals surface area contributed by atoms with Crippen LogP contribution in [0.4, 0.5) is 0 Å². The fourth-order valence-corrected chi connectivity index (χ4v) is 2.30. The zero-order valence-electron chi connectivity index (χ0n) is 12.7. The van der Waals surface area contributed by atoms with Gasteiger partial charge in [-0.15, -0.1) is 0 Å². The van der Waals surface area contributed by atoms with Crippen molar-refractivity contribution < 1.29 is 9.53 Å². The molecule has 1 atom stereocenters. The summed E-state index contributed by atoms with van der Waals surface area (Å²) in [6.07, 6.45) is 2.28. The number of ether oxygens (including phenoxy) is 1. The maximum absolute atomic E-state index is 12.2. The van der Waals surface area contributed by atoms with Crippen LogP contribution in [0.15, 0.2) is 54.6 Å². The molecule has 0 saturated carbocycles. The molecule has 0 aliphatic carbocycles. The lowest BCUT2D eigenvalue weighted by atomic mass is 10.0. The quantitative estimate of drug-likeness (QED) is 0.752. The Bertz CT molecular complexity index is 641. The van der Waals surface area contributed by atoms with Crippen molar-refractivity contribution in [2.24, 2.45) is 0 Å². The number of esters is 1. The van der Waals surface area contributed by atoms with Gasteiger partial charge < -0.3 is 4.74 Å². The first-order valence-corrected chi connectivity index (χ1v) is 7.48. The highest BCUT2D eigenvalue weighted by Gasteiger charge is 2.15. The van der Waals surface area contributed by atoms with Crippen LogP contribution in [-0.2, 0) is 11.2 Å². The molecule has 22 heavy (non-hydrogen) atoms. The van der Waals surface area contributed by atoms with Crippen LogP contribution in [0, 0.1) is 11.3 Å². The third-order valence-electron chi connectivity index (χ3n) is 3.44. The lowest BCUT2D eigenvalue weighted by Crippen LogP contribution is -2.20. The van der Waals surface area contributed by atoms with E-state index in [0.29, 0.717) is 17.5 Å². The number of hydrogen-bond acceptors (Lipinski definition) is 3. The molecule has 3 heteroatoms. The van der Waals surface area contributed by atoms with E-state index in [-0.39, 0.29) is 12.1 Å². The number of nitriles is 1. The highest BCUT2D eigenvalue weighted by Crippen LogP contribution is 2.14. The van der Waals surface area contributed by atoms with Gasteiger partial charge in [-0.3, -0.25) is 0 Å². The average Bonchev–Trinajstić information content (AvgIpc) is 2.56. The predicted octanol–water partition coefficient (Wildman–Crippen LogP) is 4.13. The van der Waals surface area contributed by atoms with Crippen LogP contribution in [0.25, 0.3) is 0 Å².